The Balaban J connectivity index is 2.45. The molecule has 1 aromatic carbocycles. The standard InChI is InChI=1S/C14H18N2O/c1-4-5-12-9-14(17)16(15-12)13-7-6-10(2)11(3)8-13/h6-9,15H,4-5H2,1-3H3. The molecule has 1 aromatic heterocycles. The highest BCUT2D eigenvalue weighted by Gasteiger charge is 2.05. The Bertz CT molecular complexity index is 578. The Morgan fingerprint density at radius 2 is 1.94 bits per heavy atom. The van der Waals surface area contributed by atoms with Crippen molar-refractivity contribution in [3.63, 3.8) is 0 Å². The summed E-state index contributed by atoms with van der Waals surface area (Å²) in [6.07, 6.45) is 1.94. The lowest BCUT2D eigenvalue weighted by Gasteiger charge is -2.05. The van der Waals surface area contributed by atoms with Crippen LogP contribution in [0.4, 0.5) is 0 Å². The average Bonchev–Trinajstić information content (AvgIpc) is 2.64. The van der Waals surface area contributed by atoms with Crippen molar-refractivity contribution >= 4 is 0 Å². The molecule has 0 aliphatic carbocycles. The number of aromatic amines is 1. The molecular formula is C14H18N2O. The van der Waals surface area contributed by atoms with Crippen molar-refractivity contribution in [1.82, 2.24) is 9.78 Å². The molecule has 0 saturated heterocycles. The third-order valence-electron chi connectivity index (χ3n) is 3.04. The van der Waals surface area contributed by atoms with Gasteiger partial charge in [0.25, 0.3) is 5.56 Å². The van der Waals surface area contributed by atoms with Gasteiger partial charge in [-0.15, -0.1) is 0 Å². The smallest absolute Gasteiger partial charge is 0.271 e. The molecule has 1 heterocycles. The maximum absolute atomic E-state index is 11.8. The summed E-state index contributed by atoms with van der Waals surface area (Å²) in [4.78, 5) is 11.8. The fraction of sp³-hybridized carbons (Fsp3) is 0.357. The summed E-state index contributed by atoms with van der Waals surface area (Å²) in [5.74, 6) is 0. The third-order valence-corrected chi connectivity index (χ3v) is 3.04. The number of aromatic nitrogens is 2. The van der Waals surface area contributed by atoms with Crippen molar-refractivity contribution in [2.24, 2.45) is 0 Å². The van der Waals surface area contributed by atoms with Crippen LogP contribution in [0.15, 0.2) is 29.1 Å². The van der Waals surface area contributed by atoms with Crippen LogP contribution in [-0.4, -0.2) is 9.78 Å². The van der Waals surface area contributed by atoms with Gasteiger partial charge in [-0.2, -0.15) is 0 Å². The van der Waals surface area contributed by atoms with Crippen LogP contribution < -0.4 is 5.56 Å². The molecule has 0 atom stereocenters. The van der Waals surface area contributed by atoms with E-state index >= 15 is 0 Å². The van der Waals surface area contributed by atoms with E-state index < -0.39 is 0 Å². The number of nitrogens with zero attached hydrogens (tertiary/aromatic N) is 1. The summed E-state index contributed by atoms with van der Waals surface area (Å²) in [7, 11) is 0. The van der Waals surface area contributed by atoms with Crippen molar-refractivity contribution < 1.29 is 0 Å². The Labute approximate surface area is 101 Å². The monoisotopic (exact) mass is 230 g/mol. The van der Waals surface area contributed by atoms with Gasteiger partial charge in [0.15, 0.2) is 0 Å². The van der Waals surface area contributed by atoms with E-state index in [9.17, 15) is 4.79 Å². The molecule has 3 nitrogen and oxygen atoms in total. The van der Waals surface area contributed by atoms with E-state index in [1.165, 1.54) is 11.1 Å². The fourth-order valence-electron chi connectivity index (χ4n) is 1.90. The first-order valence-corrected chi connectivity index (χ1v) is 6.00. The molecule has 0 radical (unpaired) electrons. The summed E-state index contributed by atoms with van der Waals surface area (Å²) in [5, 5.41) is 3.15. The second-order valence-corrected chi connectivity index (χ2v) is 4.47. The summed E-state index contributed by atoms with van der Waals surface area (Å²) in [5.41, 5.74) is 4.34. The molecule has 0 spiro atoms. The maximum Gasteiger partial charge on any atom is 0.271 e. The zero-order valence-corrected chi connectivity index (χ0v) is 10.6. The predicted octanol–water partition coefficient (Wildman–Crippen LogP) is 2.73. The first kappa shape index (κ1) is 11.7. The lowest BCUT2D eigenvalue weighted by molar-refractivity contribution is 0.792. The van der Waals surface area contributed by atoms with Crippen LogP contribution in [0.1, 0.15) is 30.2 Å². The van der Waals surface area contributed by atoms with Gasteiger partial charge >= 0.3 is 0 Å². The number of aryl methyl sites for hydroxylation is 3. The van der Waals surface area contributed by atoms with Gasteiger partial charge in [-0.1, -0.05) is 19.4 Å². The number of nitrogens with one attached hydrogen (secondary N) is 1. The summed E-state index contributed by atoms with van der Waals surface area (Å²) < 4.78 is 1.61. The number of hydrogen-bond acceptors (Lipinski definition) is 1. The van der Waals surface area contributed by atoms with E-state index in [4.69, 9.17) is 0 Å². The van der Waals surface area contributed by atoms with Gasteiger partial charge in [0, 0.05) is 11.8 Å². The lowest BCUT2D eigenvalue weighted by atomic mass is 10.1. The van der Waals surface area contributed by atoms with E-state index in [-0.39, 0.29) is 5.56 Å². The molecule has 2 rings (SSSR count). The van der Waals surface area contributed by atoms with Gasteiger partial charge in [0.2, 0.25) is 0 Å². The third kappa shape index (κ3) is 2.33. The SMILES string of the molecule is CCCc1cc(=O)n(-c2ccc(C)c(C)c2)[nH]1. The Morgan fingerprint density at radius 3 is 2.59 bits per heavy atom. The highest BCUT2D eigenvalue weighted by Crippen LogP contribution is 2.12. The number of H-pyrrole nitrogens is 1. The molecule has 0 aliphatic heterocycles. The predicted molar refractivity (Wildman–Crippen MR) is 69.9 cm³/mol. The van der Waals surface area contributed by atoms with Gasteiger partial charge in [0.1, 0.15) is 0 Å². The van der Waals surface area contributed by atoms with Gasteiger partial charge in [-0.05, 0) is 43.5 Å². The average molecular weight is 230 g/mol. The van der Waals surface area contributed by atoms with Crippen molar-refractivity contribution in [3.05, 3.63) is 51.4 Å². The highest BCUT2D eigenvalue weighted by molar-refractivity contribution is 5.39. The molecule has 90 valence electrons. The first-order chi connectivity index (χ1) is 8.11. The second-order valence-electron chi connectivity index (χ2n) is 4.47. The largest absolute Gasteiger partial charge is 0.295 e. The minimum Gasteiger partial charge on any atom is -0.295 e. The number of hydrogen-bond donors (Lipinski definition) is 1. The number of rotatable bonds is 3. The van der Waals surface area contributed by atoms with E-state index in [2.05, 4.69) is 25.9 Å². The van der Waals surface area contributed by atoms with E-state index in [0.29, 0.717) is 0 Å². The Morgan fingerprint density at radius 1 is 1.18 bits per heavy atom. The Hall–Kier alpha value is -1.77. The van der Waals surface area contributed by atoms with Gasteiger partial charge < -0.3 is 0 Å². The summed E-state index contributed by atoms with van der Waals surface area (Å²) >= 11 is 0. The highest BCUT2D eigenvalue weighted by atomic mass is 16.1. The second kappa shape index (κ2) is 4.62. The van der Waals surface area contributed by atoms with E-state index in [1.807, 2.05) is 18.2 Å². The number of benzene rings is 1. The Kier molecular flexibility index (Phi) is 3.18. The van der Waals surface area contributed by atoms with E-state index in [0.717, 1.165) is 24.2 Å². The molecule has 3 heteroatoms. The van der Waals surface area contributed by atoms with Crippen molar-refractivity contribution in [2.45, 2.75) is 33.6 Å². The van der Waals surface area contributed by atoms with Crippen LogP contribution in [0.5, 0.6) is 0 Å². The molecule has 2 aromatic rings. The van der Waals surface area contributed by atoms with E-state index in [1.54, 1.807) is 10.7 Å². The minimum absolute atomic E-state index is 0.0108. The fourth-order valence-corrected chi connectivity index (χ4v) is 1.90. The zero-order valence-electron chi connectivity index (χ0n) is 10.6. The van der Waals surface area contributed by atoms with Crippen LogP contribution in [0.2, 0.25) is 0 Å². The maximum atomic E-state index is 11.8. The molecule has 0 unspecified atom stereocenters. The molecule has 0 aliphatic rings. The molecule has 1 N–H and O–H groups in total. The van der Waals surface area contributed by atoms with Crippen LogP contribution >= 0.6 is 0 Å². The molecule has 0 fully saturated rings. The minimum atomic E-state index is 0.0108. The van der Waals surface area contributed by atoms with Crippen LogP contribution in [0, 0.1) is 13.8 Å². The topological polar surface area (TPSA) is 37.8 Å². The van der Waals surface area contributed by atoms with Gasteiger partial charge in [0.05, 0.1) is 5.69 Å². The normalized spacial score (nSPS) is 10.8. The molecular weight excluding hydrogens is 212 g/mol. The summed E-state index contributed by atoms with van der Waals surface area (Å²) in [6.45, 7) is 6.23. The quantitative estimate of drug-likeness (QED) is 0.865. The van der Waals surface area contributed by atoms with Crippen LogP contribution in [0.25, 0.3) is 5.69 Å². The van der Waals surface area contributed by atoms with Crippen molar-refractivity contribution in [1.29, 1.82) is 0 Å². The van der Waals surface area contributed by atoms with Gasteiger partial charge in [-0.3, -0.25) is 9.89 Å². The first-order valence-electron chi connectivity index (χ1n) is 6.00. The van der Waals surface area contributed by atoms with Gasteiger partial charge in [-0.25, -0.2) is 4.68 Å². The summed E-state index contributed by atoms with van der Waals surface area (Å²) in [6, 6.07) is 7.72. The lowest BCUT2D eigenvalue weighted by Crippen LogP contribution is -2.13. The van der Waals surface area contributed by atoms with Crippen molar-refractivity contribution in [3.8, 4) is 5.69 Å². The molecule has 0 amide bonds. The van der Waals surface area contributed by atoms with Crippen LogP contribution in [0.3, 0.4) is 0 Å². The van der Waals surface area contributed by atoms with Crippen LogP contribution in [-0.2, 0) is 6.42 Å². The molecule has 0 bridgehead atoms. The molecule has 0 saturated carbocycles. The van der Waals surface area contributed by atoms with Crippen molar-refractivity contribution in [2.75, 3.05) is 0 Å². The molecule has 17 heavy (non-hydrogen) atoms. The zero-order chi connectivity index (χ0) is 12.4.